The minimum Gasteiger partial charge on any atom is -0.443 e. The molecule has 1 amide bonds. The maximum absolute atomic E-state index is 12.7. The van der Waals surface area contributed by atoms with Crippen molar-refractivity contribution in [2.45, 2.75) is 39.2 Å². The van der Waals surface area contributed by atoms with Crippen molar-refractivity contribution in [1.29, 1.82) is 0 Å². The molecule has 0 aromatic carbocycles. The SMILES string of the molecule is CCNC(=NCc1coc(-c2cccs2)n1)NCC1(C(=O)N(C)C)CCCC1. The van der Waals surface area contributed by atoms with E-state index < -0.39 is 0 Å². The number of hydrogen-bond donors (Lipinski definition) is 2. The first kappa shape index (κ1) is 20.4. The molecule has 0 atom stereocenters. The summed E-state index contributed by atoms with van der Waals surface area (Å²) in [5.41, 5.74) is 0.445. The topological polar surface area (TPSA) is 82.8 Å². The Kier molecular flexibility index (Phi) is 6.72. The molecule has 0 bridgehead atoms. The lowest BCUT2D eigenvalue weighted by molar-refractivity contribution is -0.138. The maximum Gasteiger partial charge on any atom is 0.236 e. The van der Waals surface area contributed by atoms with Crippen molar-refractivity contribution in [3.05, 3.63) is 29.5 Å². The highest BCUT2D eigenvalue weighted by atomic mass is 32.1. The highest BCUT2D eigenvalue weighted by Crippen LogP contribution is 2.38. The zero-order chi connectivity index (χ0) is 20.0. The zero-order valence-corrected chi connectivity index (χ0v) is 17.6. The fraction of sp³-hybridized carbons (Fsp3) is 0.550. The average Bonchev–Trinajstić information content (AvgIpc) is 3.45. The molecule has 0 unspecified atom stereocenters. The Hall–Kier alpha value is -2.35. The Bertz CT molecular complexity index is 791. The van der Waals surface area contributed by atoms with Gasteiger partial charge in [-0.1, -0.05) is 18.9 Å². The van der Waals surface area contributed by atoms with Gasteiger partial charge in [-0.2, -0.15) is 0 Å². The molecular formula is C20H29N5O2S. The summed E-state index contributed by atoms with van der Waals surface area (Å²) in [4.78, 5) is 24.6. The average molecular weight is 404 g/mol. The number of nitrogens with one attached hydrogen (secondary N) is 2. The van der Waals surface area contributed by atoms with E-state index in [9.17, 15) is 4.79 Å². The van der Waals surface area contributed by atoms with Crippen molar-refractivity contribution in [2.24, 2.45) is 10.4 Å². The Balaban J connectivity index is 1.65. The summed E-state index contributed by atoms with van der Waals surface area (Å²) in [5.74, 6) is 1.52. The first-order chi connectivity index (χ1) is 13.5. The van der Waals surface area contributed by atoms with E-state index in [1.54, 1.807) is 22.5 Å². The first-order valence-corrected chi connectivity index (χ1v) is 10.6. The summed E-state index contributed by atoms with van der Waals surface area (Å²) in [6.45, 7) is 3.78. The molecule has 28 heavy (non-hydrogen) atoms. The van der Waals surface area contributed by atoms with Crippen LogP contribution in [0.3, 0.4) is 0 Å². The molecule has 0 radical (unpaired) electrons. The van der Waals surface area contributed by atoms with Crippen molar-refractivity contribution in [1.82, 2.24) is 20.5 Å². The van der Waals surface area contributed by atoms with Crippen LogP contribution in [-0.4, -0.2) is 48.9 Å². The zero-order valence-electron chi connectivity index (χ0n) is 16.8. The lowest BCUT2D eigenvalue weighted by Gasteiger charge is -2.31. The highest BCUT2D eigenvalue weighted by Gasteiger charge is 2.42. The summed E-state index contributed by atoms with van der Waals surface area (Å²) in [6.07, 6.45) is 5.68. The second-order valence-electron chi connectivity index (χ2n) is 7.36. The van der Waals surface area contributed by atoms with Crippen molar-refractivity contribution in [2.75, 3.05) is 27.2 Å². The molecule has 3 rings (SSSR count). The van der Waals surface area contributed by atoms with Crippen molar-refractivity contribution in [3.8, 4) is 10.8 Å². The van der Waals surface area contributed by atoms with Crippen LogP contribution in [0.25, 0.3) is 10.8 Å². The number of hydrogen-bond acceptors (Lipinski definition) is 5. The minimum absolute atomic E-state index is 0.199. The second-order valence-corrected chi connectivity index (χ2v) is 8.30. The lowest BCUT2D eigenvalue weighted by atomic mass is 9.84. The maximum atomic E-state index is 12.7. The smallest absolute Gasteiger partial charge is 0.236 e. The van der Waals surface area contributed by atoms with Gasteiger partial charge in [0.25, 0.3) is 0 Å². The minimum atomic E-state index is -0.333. The van der Waals surface area contributed by atoms with Crippen LogP contribution < -0.4 is 10.6 Å². The van der Waals surface area contributed by atoms with Gasteiger partial charge in [-0.25, -0.2) is 9.98 Å². The summed E-state index contributed by atoms with van der Waals surface area (Å²) in [5, 5.41) is 8.63. The molecule has 1 aliphatic carbocycles. The molecule has 0 saturated heterocycles. The van der Waals surface area contributed by atoms with Crippen molar-refractivity contribution < 1.29 is 9.21 Å². The van der Waals surface area contributed by atoms with Gasteiger partial charge in [0.2, 0.25) is 11.8 Å². The van der Waals surface area contributed by atoms with Crippen LogP contribution >= 0.6 is 11.3 Å². The van der Waals surface area contributed by atoms with Gasteiger partial charge in [0, 0.05) is 27.2 Å². The lowest BCUT2D eigenvalue weighted by Crippen LogP contribution is -2.49. The van der Waals surface area contributed by atoms with Crippen LogP contribution in [0.4, 0.5) is 0 Å². The van der Waals surface area contributed by atoms with E-state index in [0.29, 0.717) is 24.9 Å². The molecule has 2 aromatic rings. The predicted octanol–water partition coefficient (Wildman–Crippen LogP) is 3.11. The van der Waals surface area contributed by atoms with Crippen LogP contribution in [-0.2, 0) is 11.3 Å². The van der Waals surface area contributed by atoms with Crippen LogP contribution in [0.2, 0.25) is 0 Å². The predicted molar refractivity (Wildman–Crippen MR) is 112 cm³/mol. The van der Waals surface area contributed by atoms with E-state index in [0.717, 1.165) is 42.8 Å². The first-order valence-electron chi connectivity index (χ1n) is 9.76. The molecule has 1 aliphatic rings. The molecule has 2 N–H and O–H groups in total. The molecule has 152 valence electrons. The molecule has 2 heterocycles. The van der Waals surface area contributed by atoms with Crippen LogP contribution in [0, 0.1) is 5.41 Å². The fourth-order valence-electron chi connectivity index (χ4n) is 3.64. The third-order valence-electron chi connectivity index (χ3n) is 5.04. The van der Waals surface area contributed by atoms with E-state index in [1.165, 1.54) is 0 Å². The van der Waals surface area contributed by atoms with Gasteiger partial charge >= 0.3 is 0 Å². The quantitative estimate of drug-likeness (QED) is 0.548. The van der Waals surface area contributed by atoms with Crippen LogP contribution in [0.15, 0.2) is 33.2 Å². The Morgan fingerprint density at radius 3 is 2.79 bits per heavy atom. The molecular weight excluding hydrogens is 374 g/mol. The van der Waals surface area contributed by atoms with E-state index >= 15 is 0 Å². The Morgan fingerprint density at radius 2 is 2.14 bits per heavy atom. The Labute approximate surface area is 170 Å². The van der Waals surface area contributed by atoms with E-state index in [1.807, 2.05) is 38.5 Å². The van der Waals surface area contributed by atoms with Crippen LogP contribution in [0.5, 0.6) is 0 Å². The number of oxazole rings is 1. The number of guanidine groups is 1. The van der Waals surface area contributed by atoms with E-state index in [4.69, 9.17) is 4.42 Å². The number of aliphatic imine (C=N–C) groups is 1. The summed E-state index contributed by atoms with van der Waals surface area (Å²) < 4.78 is 5.56. The third-order valence-corrected chi connectivity index (χ3v) is 5.90. The normalized spacial score (nSPS) is 16.2. The van der Waals surface area contributed by atoms with Gasteiger partial charge in [-0.3, -0.25) is 4.79 Å². The molecule has 2 aromatic heterocycles. The number of carbonyl (C=O) groups excluding carboxylic acids is 1. The molecule has 0 aliphatic heterocycles. The van der Waals surface area contributed by atoms with E-state index in [-0.39, 0.29) is 11.3 Å². The molecule has 7 nitrogen and oxygen atoms in total. The standard InChI is InChI=1S/C20H29N5O2S/c1-4-21-19(23-14-20(9-5-6-10-20)18(26)25(2)3)22-12-15-13-27-17(24-15)16-8-7-11-28-16/h7-8,11,13H,4-6,9-10,12,14H2,1-3H3,(H2,21,22,23). The van der Waals surface area contributed by atoms with Crippen molar-refractivity contribution in [3.63, 3.8) is 0 Å². The van der Waals surface area contributed by atoms with E-state index in [2.05, 4.69) is 20.6 Å². The summed E-state index contributed by atoms with van der Waals surface area (Å²) >= 11 is 1.60. The molecule has 1 fully saturated rings. The monoisotopic (exact) mass is 403 g/mol. The number of carbonyl (C=O) groups is 1. The van der Waals surface area contributed by atoms with Gasteiger partial charge in [0.15, 0.2) is 5.96 Å². The summed E-state index contributed by atoms with van der Waals surface area (Å²) in [7, 11) is 3.66. The van der Waals surface area contributed by atoms with Gasteiger partial charge in [-0.05, 0) is 31.2 Å². The number of aromatic nitrogens is 1. The summed E-state index contributed by atoms with van der Waals surface area (Å²) in [6, 6.07) is 3.96. The van der Waals surface area contributed by atoms with Gasteiger partial charge in [-0.15, -0.1) is 11.3 Å². The molecule has 0 spiro atoms. The van der Waals surface area contributed by atoms with Gasteiger partial charge < -0.3 is 20.0 Å². The van der Waals surface area contributed by atoms with Gasteiger partial charge in [0.1, 0.15) is 12.0 Å². The number of rotatable bonds is 7. The largest absolute Gasteiger partial charge is 0.443 e. The second kappa shape index (κ2) is 9.23. The van der Waals surface area contributed by atoms with Gasteiger partial charge in [0.05, 0.1) is 16.8 Å². The van der Waals surface area contributed by atoms with Crippen molar-refractivity contribution >= 4 is 23.2 Å². The third kappa shape index (κ3) is 4.73. The molecule has 8 heteroatoms. The number of amides is 1. The molecule has 1 saturated carbocycles. The van der Waals surface area contributed by atoms with Crippen LogP contribution in [0.1, 0.15) is 38.3 Å². The number of thiophene rings is 1. The Morgan fingerprint density at radius 1 is 1.36 bits per heavy atom. The number of nitrogens with zero attached hydrogens (tertiary/aromatic N) is 3. The highest BCUT2D eigenvalue weighted by molar-refractivity contribution is 7.13. The fourth-order valence-corrected chi connectivity index (χ4v) is 4.30.